The number of benzene rings is 1. The monoisotopic (exact) mass is 232 g/mol. The molecule has 0 saturated heterocycles. The number of amides is 1. The van der Waals surface area contributed by atoms with Crippen LogP contribution < -0.4 is 5.32 Å². The van der Waals surface area contributed by atoms with E-state index in [1.54, 1.807) is 24.3 Å². The molecule has 90 valence electrons. The van der Waals surface area contributed by atoms with Crippen molar-refractivity contribution in [3.8, 4) is 6.07 Å². The molecule has 0 aliphatic heterocycles. The fourth-order valence-electron chi connectivity index (χ4n) is 1.28. The van der Waals surface area contributed by atoms with E-state index < -0.39 is 0 Å². The predicted octanol–water partition coefficient (Wildman–Crippen LogP) is 2.31. The van der Waals surface area contributed by atoms with E-state index in [1.807, 2.05) is 19.9 Å². The summed E-state index contributed by atoms with van der Waals surface area (Å²) < 4.78 is 5.28. The third kappa shape index (κ3) is 5.14. The smallest absolute Gasteiger partial charge is 0.226 e. The molecule has 0 saturated carbocycles. The van der Waals surface area contributed by atoms with Crippen LogP contribution in [0.25, 0.3) is 0 Å². The summed E-state index contributed by atoms with van der Waals surface area (Å²) in [5.74, 6) is -0.110. The lowest BCUT2D eigenvalue weighted by Gasteiger charge is -2.08. The van der Waals surface area contributed by atoms with E-state index in [0.29, 0.717) is 24.3 Å². The van der Waals surface area contributed by atoms with Gasteiger partial charge in [0.15, 0.2) is 0 Å². The Morgan fingerprint density at radius 2 is 2.29 bits per heavy atom. The summed E-state index contributed by atoms with van der Waals surface area (Å²) in [5, 5.41) is 11.4. The van der Waals surface area contributed by atoms with Crippen molar-refractivity contribution < 1.29 is 9.53 Å². The highest BCUT2D eigenvalue weighted by Gasteiger charge is 2.03. The molecule has 0 fully saturated rings. The highest BCUT2D eigenvalue weighted by atomic mass is 16.5. The van der Waals surface area contributed by atoms with Crippen LogP contribution in [-0.4, -0.2) is 18.6 Å². The second-order valence-electron chi connectivity index (χ2n) is 3.91. The molecular weight excluding hydrogens is 216 g/mol. The first kappa shape index (κ1) is 13.2. The van der Waals surface area contributed by atoms with Gasteiger partial charge in [0.05, 0.1) is 30.8 Å². The van der Waals surface area contributed by atoms with Crippen molar-refractivity contribution >= 4 is 11.6 Å². The van der Waals surface area contributed by atoms with E-state index in [9.17, 15) is 4.79 Å². The molecule has 1 N–H and O–H groups in total. The molecule has 0 heterocycles. The van der Waals surface area contributed by atoms with Crippen LogP contribution in [0.4, 0.5) is 5.69 Å². The third-order valence-electron chi connectivity index (χ3n) is 2.06. The molecule has 4 nitrogen and oxygen atoms in total. The van der Waals surface area contributed by atoms with E-state index in [2.05, 4.69) is 5.32 Å². The van der Waals surface area contributed by atoms with Gasteiger partial charge < -0.3 is 10.1 Å². The van der Waals surface area contributed by atoms with Crippen LogP contribution in [0.2, 0.25) is 0 Å². The van der Waals surface area contributed by atoms with Crippen LogP contribution >= 0.6 is 0 Å². The van der Waals surface area contributed by atoms with Gasteiger partial charge in [-0.25, -0.2) is 0 Å². The highest BCUT2D eigenvalue weighted by molar-refractivity contribution is 5.90. The van der Waals surface area contributed by atoms with Crippen LogP contribution in [0.5, 0.6) is 0 Å². The Hall–Kier alpha value is -1.86. The quantitative estimate of drug-likeness (QED) is 0.847. The molecule has 0 aliphatic carbocycles. The number of ether oxygens (including phenoxy) is 1. The largest absolute Gasteiger partial charge is 0.378 e. The summed E-state index contributed by atoms with van der Waals surface area (Å²) in [6.07, 6.45) is 0.444. The van der Waals surface area contributed by atoms with Crippen molar-refractivity contribution in [1.82, 2.24) is 0 Å². The third-order valence-corrected chi connectivity index (χ3v) is 2.06. The molecule has 0 aromatic heterocycles. The molecule has 0 unspecified atom stereocenters. The fraction of sp³-hybridized carbons (Fsp3) is 0.385. The number of hydrogen-bond acceptors (Lipinski definition) is 3. The van der Waals surface area contributed by atoms with E-state index in [0.717, 1.165) is 0 Å². The standard InChI is InChI=1S/C13H16N2O2/c1-10(2)17-7-6-13(16)15-12-5-3-4-11(8-12)9-14/h3-5,8,10H,6-7H2,1-2H3,(H,15,16). The molecule has 1 amide bonds. The molecule has 17 heavy (non-hydrogen) atoms. The number of anilines is 1. The van der Waals surface area contributed by atoms with Crippen LogP contribution in [0.1, 0.15) is 25.8 Å². The number of carbonyl (C=O) groups is 1. The molecule has 1 aromatic carbocycles. The maximum atomic E-state index is 11.5. The van der Waals surface area contributed by atoms with Gasteiger partial charge >= 0.3 is 0 Å². The summed E-state index contributed by atoms with van der Waals surface area (Å²) in [7, 11) is 0. The molecule has 1 rings (SSSR count). The molecule has 4 heteroatoms. The number of hydrogen-bond donors (Lipinski definition) is 1. The lowest BCUT2D eigenvalue weighted by molar-refractivity contribution is -0.117. The number of nitriles is 1. The Kier molecular flexibility index (Phi) is 5.18. The van der Waals surface area contributed by atoms with Gasteiger partial charge in [-0.3, -0.25) is 4.79 Å². The van der Waals surface area contributed by atoms with Gasteiger partial charge in [-0.05, 0) is 32.0 Å². The molecule has 0 atom stereocenters. The molecule has 0 spiro atoms. The molecule has 1 aromatic rings. The van der Waals surface area contributed by atoms with Crippen molar-refractivity contribution in [2.45, 2.75) is 26.4 Å². The van der Waals surface area contributed by atoms with Gasteiger partial charge in [-0.1, -0.05) is 6.07 Å². The Morgan fingerprint density at radius 1 is 1.53 bits per heavy atom. The zero-order valence-electron chi connectivity index (χ0n) is 10.1. The first-order valence-corrected chi connectivity index (χ1v) is 5.53. The number of carbonyl (C=O) groups excluding carboxylic acids is 1. The molecule has 0 radical (unpaired) electrons. The average molecular weight is 232 g/mol. The first-order chi connectivity index (χ1) is 8.11. The highest BCUT2D eigenvalue weighted by Crippen LogP contribution is 2.09. The normalized spacial score (nSPS) is 10.0. The SMILES string of the molecule is CC(C)OCCC(=O)Nc1cccc(C#N)c1. The second kappa shape index (κ2) is 6.66. The Labute approximate surface area is 101 Å². The summed E-state index contributed by atoms with van der Waals surface area (Å²) >= 11 is 0. The zero-order valence-corrected chi connectivity index (χ0v) is 10.1. The summed E-state index contributed by atoms with van der Waals surface area (Å²) in [6.45, 7) is 4.25. The van der Waals surface area contributed by atoms with Gasteiger partial charge in [0.25, 0.3) is 0 Å². The van der Waals surface area contributed by atoms with Crippen LogP contribution in [0.15, 0.2) is 24.3 Å². The molecule has 0 bridgehead atoms. The minimum absolute atomic E-state index is 0.110. The van der Waals surface area contributed by atoms with Gasteiger partial charge in [-0.2, -0.15) is 5.26 Å². The lowest BCUT2D eigenvalue weighted by atomic mass is 10.2. The van der Waals surface area contributed by atoms with E-state index in [-0.39, 0.29) is 12.0 Å². The summed E-state index contributed by atoms with van der Waals surface area (Å²) in [6, 6.07) is 8.84. The van der Waals surface area contributed by atoms with Crippen molar-refractivity contribution in [2.24, 2.45) is 0 Å². The second-order valence-corrected chi connectivity index (χ2v) is 3.91. The maximum Gasteiger partial charge on any atom is 0.226 e. The Bertz CT molecular complexity index is 422. The molecular formula is C13H16N2O2. The average Bonchev–Trinajstić information content (AvgIpc) is 2.28. The van der Waals surface area contributed by atoms with Crippen LogP contribution in [0, 0.1) is 11.3 Å². The number of rotatable bonds is 5. The topological polar surface area (TPSA) is 62.1 Å². The predicted molar refractivity (Wildman–Crippen MR) is 65.5 cm³/mol. The zero-order chi connectivity index (χ0) is 12.7. The van der Waals surface area contributed by atoms with Gasteiger partial charge in [0, 0.05) is 5.69 Å². The summed E-state index contributed by atoms with van der Waals surface area (Å²) in [5.41, 5.74) is 1.17. The van der Waals surface area contributed by atoms with Crippen molar-refractivity contribution in [1.29, 1.82) is 5.26 Å². The van der Waals surface area contributed by atoms with Crippen LogP contribution in [-0.2, 0) is 9.53 Å². The van der Waals surface area contributed by atoms with Crippen molar-refractivity contribution in [2.75, 3.05) is 11.9 Å². The van der Waals surface area contributed by atoms with Crippen LogP contribution in [0.3, 0.4) is 0 Å². The number of nitrogens with one attached hydrogen (secondary N) is 1. The minimum Gasteiger partial charge on any atom is -0.378 e. The number of nitrogens with zero attached hydrogens (tertiary/aromatic N) is 1. The van der Waals surface area contributed by atoms with E-state index in [1.165, 1.54) is 0 Å². The van der Waals surface area contributed by atoms with Crippen molar-refractivity contribution in [3.05, 3.63) is 29.8 Å². The van der Waals surface area contributed by atoms with E-state index in [4.69, 9.17) is 10.00 Å². The minimum atomic E-state index is -0.110. The van der Waals surface area contributed by atoms with Gasteiger partial charge in [0.2, 0.25) is 5.91 Å². The first-order valence-electron chi connectivity index (χ1n) is 5.53. The van der Waals surface area contributed by atoms with Gasteiger partial charge in [0.1, 0.15) is 0 Å². The lowest BCUT2D eigenvalue weighted by Crippen LogP contribution is -2.15. The Balaban J connectivity index is 2.43. The van der Waals surface area contributed by atoms with E-state index >= 15 is 0 Å². The maximum absolute atomic E-state index is 11.5. The fourth-order valence-corrected chi connectivity index (χ4v) is 1.28. The van der Waals surface area contributed by atoms with Gasteiger partial charge in [-0.15, -0.1) is 0 Å². The summed E-state index contributed by atoms with van der Waals surface area (Å²) in [4.78, 5) is 11.5. The molecule has 0 aliphatic rings. The van der Waals surface area contributed by atoms with Crippen molar-refractivity contribution in [3.63, 3.8) is 0 Å². The Morgan fingerprint density at radius 3 is 2.94 bits per heavy atom.